The zero-order valence-electron chi connectivity index (χ0n) is 12.0. The van der Waals surface area contributed by atoms with E-state index in [1.165, 1.54) is 0 Å². The van der Waals surface area contributed by atoms with Crippen LogP contribution in [0.2, 0.25) is 0 Å². The van der Waals surface area contributed by atoms with Gasteiger partial charge in [-0.05, 0) is 41.9 Å². The van der Waals surface area contributed by atoms with Crippen LogP contribution < -0.4 is 10.1 Å². The molecule has 0 spiro atoms. The van der Waals surface area contributed by atoms with Crippen LogP contribution in [0.15, 0.2) is 41.0 Å². The smallest absolute Gasteiger partial charge is 0.268 e. The minimum atomic E-state index is -0.0945. The highest BCUT2D eigenvalue weighted by Gasteiger charge is 2.26. The standard InChI is InChI=1S/C16H17BrN2O2/c1-10(2)19-8-11(17)7-14(19)16(20)18-13-9-21-15-6-4-3-5-12(13)15/h3-8,10,13H,9H2,1-2H3,(H,18,20). The van der Waals surface area contributed by atoms with E-state index in [2.05, 4.69) is 35.1 Å². The molecule has 0 saturated heterocycles. The molecule has 1 amide bonds. The van der Waals surface area contributed by atoms with Gasteiger partial charge in [0.2, 0.25) is 0 Å². The van der Waals surface area contributed by atoms with Crippen LogP contribution in [-0.2, 0) is 0 Å². The molecule has 3 rings (SSSR count). The lowest BCUT2D eigenvalue weighted by molar-refractivity contribution is 0.0919. The molecule has 1 aliphatic rings. The fraction of sp³-hybridized carbons (Fsp3) is 0.312. The van der Waals surface area contributed by atoms with E-state index in [0.717, 1.165) is 15.8 Å². The zero-order chi connectivity index (χ0) is 15.0. The van der Waals surface area contributed by atoms with Crippen LogP contribution in [0.4, 0.5) is 0 Å². The van der Waals surface area contributed by atoms with Gasteiger partial charge >= 0.3 is 0 Å². The first-order valence-corrected chi connectivity index (χ1v) is 7.75. The third-order valence-corrected chi connectivity index (χ3v) is 4.04. The van der Waals surface area contributed by atoms with Crippen molar-refractivity contribution in [2.45, 2.75) is 25.9 Å². The Morgan fingerprint density at radius 2 is 2.19 bits per heavy atom. The highest BCUT2D eigenvalue weighted by molar-refractivity contribution is 9.10. The topological polar surface area (TPSA) is 43.3 Å². The molecule has 0 aliphatic carbocycles. The molecule has 2 heterocycles. The molecule has 2 aromatic rings. The van der Waals surface area contributed by atoms with Crippen LogP contribution in [0.5, 0.6) is 5.75 Å². The minimum absolute atomic E-state index is 0.0836. The second kappa shape index (κ2) is 5.56. The lowest BCUT2D eigenvalue weighted by Gasteiger charge is -2.15. The molecule has 1 atom stereocenters. The molecule has 4 nitrogen and oxygen atoms in total. The number of ether oxygens (including phenoxy) is 1. The molecule has 1 N–H and O–H groups in total. The zero-order valence-corrected chi connectivity index (χ0v) is 13.6. The number of para-hydroxylation sites is 1. The van der Waals surface area contributed by atoms with E-state index < -0.39 is 0 Å². The maximum Gasteiger partial charge on any atom is 0.268 e. The van der Waals surface area contributed by atoms with E-state index in [4.69, 9.17) is 4.74 Å². The third kappa shape index (κ3) is 2.70. The van der Waals surface area contributed by atoms with Crippen molar-refractivity contribution in [2.75, 3.05) is 6.61 Å². The van der Waals surface area contributed by atoms with Gasteiger partial charge < -0.3 is 14.6 Å². The van der Waals surface area contributed by atoms with Crippen molar-refractivity contribution < 1.29 is 9.53 Å². The fourth-order valence-electron chi connectivity index (χ4n) is 2.57. The normalized spacial score (nSPS) is 16.7. The summed E-state index contributed by atoms with van der Waals surface area (Å²) in [7, 11) is 0. The van der Waals surface area contributed by atoms with Crippen molar-refractivity contribution in [2.24, 2.45) is 0 Å². The summed E-state index contributed by atoms with van der Waals surface area (Å²) in [5.74, 6) is 0.767. The summed E-state index contributed by atoms with van der Waals surface area (Å²) in [5.41, 5.74) is 1.69. The molecule has 1 aromatic heterocycles. The van der Waals surface area contributed by atoms with E-state index in [1.54, 1.807) is 0 Å². The molecular weight excluding hydrogens is 332 g/mol. The second-order valence-corrected chi connectivity index (χ2v) is 6.34. The highest BCUT2D eigenvalue weighted by Crippen LogP contribution is 2.32. The highest BCUT2D eigenvalue weighted by atomic mass is 79.9. The molecule has 21 heavy (non-hydrogen) atoms. The van der Waals surface area contributed by atoms with Crippen molar-refractivity contribution in [1.29, 1.82) is 0 Å². The van der Waals surface area contributed by atoms with Crippen molar-refractivity contribution in [3.05, 3.63) is 52.3 Å². The van der Waals surface area contributed by atoms with Gasteiger partial charge in [0.25, 0.3) is 5.91 Å². The van der Waals surface area contributed by atoms with Crippen LogP contribution in [-0.4, -0.2) is 17.1 Å². The van der Waals surface area contributed by atoms with Crippen LogP contribution in [0.25, 0.3) is 0 Å². The van der Waals surface area contributed by atoms with E-state index in [1.807, 2.05) is 41.1 Å². The Morgan fingerprint density at radius 1 is 1.43 bits per heavy atom. The predicted molar refractivity (Wildman–Crippen MR) is 84.7 cm³/mol. The summed E-state index contributed by atoms with van der Waals surface area (Å²) < 4.78 is 8.47. The van der Waals surface area contributed by atoms with Gasteiger partial charge in [0.15, 0.2) is 0 Å². The predicted octanol–water partition coefficient (Wildman–Crippen LogP) is 3.70. The molecule has 110 valence electrons. The van der Waals surface area contributed by atoms with E-state index in [0.29, 0.717) is 12.3 Å². The maximum absolute atomic E-state index is 12.5. The number of nitrogens with zero attached hydrogens (tertiary/aromatic N) is 1. The van der Waals surface area contributed by atoms with E-state index in [-0.39, 0.29) is 18.0 Å². The van der Waals surface area contributed by atoms with Crippen LogP contribution in [0.3, 0.4) is 0 Å². The molecule has 0 radical (unpaired) electrons. The lowest BCUT2D eigenvalue weighted by atomic mass is 10.1. The van der Waals surface area contributed by atoms with Gasteiger partial charge in [-0.2, -0.15) is 0 Å². The number of hydrogen-bond donors (Lipinski definition) is 1. The quantitative estimate of drug-likeness (QED) is 0.918. The van der Waals surface area contributed by atoms with Gasteiger partial charge in [-0.15, -0.1) is 0 Å². The number of nitrogens with one attached hydrogen (secondary N) is 1. The summed E-state index contributed by atoms with van der Waals surface area (Å²) >= 11 is 3.43. The van der Waals surface area contributed by atoms with Crippen LogP contribution in [0.1, 0.15) is 42.0 Å². The lowest BCUT2D eigenvalue weighted by Crippen LogP contribution is -2.31. The van der Waals surface area contributed by atoms with Gasteiger partial charge in [0, 0.05) is 22.3 Å². The van der Waals surface area contributed by atoms with Gasteiger partial charge in [-0.1, -0.05) is 18.2 Å². The maximum atomic E-state index is 12.5. The van der Waals surface area contributed by atoms with E-state index in [9.17, 15) is 4.79 Å². The average molecular weight is 349 g/mol. The Morgan fingerprint density at radius 3 is 2.95 bits per heavy atom. The summed E-state index contributed by atoms with van der Waals surface area (Å²) in [4.78, 5) is 12.5. The molecule has 1 unspecified atom stereocenters. The van der Waals surface area contributed by atoms with Gasteiger partial charge in [0.05, 0.1) is 6.04 Å². The molecule has 5 heteroatoms. The number of carbonyl (C=O) groups excluding carboxylic acids is 1. The third-order valence-electron chi connectivity index (χ3n) is 3.61. The molecule has 1 aliphatic heterocycles. The summed E-state index contributed by atoms with van der Waals surface area (Å²) in [6, 6.07) is 9.79. The van der Waals surface area contributed by atoms with Crippen LogP contribution in [0, 0.1) is 0 Å². The molecule has 1 aromatic carbocycles. The Kier molecular flexibility index (Phi) is 3.76. The first kappa shape index (κ1) is 14.2. The summed E-state index contributed by atoms with van der Waals surface area (Å²) in [6.45, 7) is 4.59. The molecule has 0 saturated carbocycles. The number of benzene rings is 1. The van der Waals surface area contributed by atoms with Crippen molar-refractivity contribution in [3.8, 4) is 5.75 Å². The van der Waals surface area contributed by atoms with Gasteiger partial charge in [0.1, 0.15) is 18.1 Å². The number of rotatable bonds is 3. The van der Waals surface area contributed by atoms with Crippen LogP contribution >= 0.6 is 15.9 Å². The fourth-order valence-corrected chi connectivity index (χ4v) is 3.01. The van der Waals surface area contributed by atoms with E-state index >= 15 is 0 Å². The number of fused-ring (bicyclic) bond motifs is 1. The Bertz CT molecular complexity index is 679. The number of hydrogen-bond acceptors (Lipinski definition) is 2. The van der Waals surface area contributed by atoms with Crippen molar-refractivity contribution in [1.82, 2.24) is 9.88 Å². The number of halogens is 1. The number of carbonyl (C=O) groups is 1. The second-order valence-electron chi connectivity index (χ2n) is 5.42. The Balaban J connectivity index is 1.82. The van der Waals surface area contributed by atoms with Gasteiger partial charge in [-0.3, -0.25) is 4.79 Å². The molecule has 0 fully saturated rings. The number of aromatic nitrogens is 1. The first-order chi connectivity index (χ1) is 10.1. The Labute approximate surface area is 132 Å². The largest absolute Gasteiger partial charge is 0.491 e. The van der Waals surface area contributed by atoms with Crippen molar-refractivity contribution >= 4 is 21.8 Å². The average Bonchev–Trinajstić information content (AvgIpc) is 3.03. The summed E-state index contributed by atoms with van der Waals surface area (Å²) in [6.07, 6.45) is 1.93. The SMILES string of the molecule is CC(C)n1cc(Br)cc1C(=O)NC1COc2ccccc21. The van der Waals surface area contributed by atoms with Gasteiger partial charge in [-0.25, -0.2) is 0 Å². The first-order valence-electron chi connectivity index (χ1n) is 6.96. The molecular formula is C16H17BrN2O2. The molecule has 0 bridgehead atoms. The Hall–Kier alpha value is -1.75. The number of amides is 1. The monoisotopic (exact) mass is 348 g/mol. The van der Waals surface area contributed by atoms with Crippen molar-refractivity contribution in [3.63, 3.8) is 0 Å². The minimum Gasteiger partial charge on any atom is -0.491 e. The summed E-state index contributed by atoms with van der Waals surface area (Å²) in [5, 5.41) is 3.05.